The van der Waals surface area contributed by atoms with E-state index in [1.807, 2.05) is 17.9 Å². The molecule has 0 aliphatic carbocycles. The van der Waals surface area contributed by atoms with E-state index in [0.29, 0.717) is 31.9 Å². The molecule has 0 bridgehead atoms. The van der Waals surface area contributed by atoms with Gasteiger partial charge in [-0.2, -0.15) is 0 Å². The van der Waals surface area contributed by atoms with Crippen molar-refractivity contribution in [3.8, 4) is 28.1 Å². The Hall–Kier alpha value is -5.39. The zero-order chi connectivity index (χ0) is 33.1. The third-order valence-corrected chi connectivity index (χ3v) is 8.37. The Kier molecular flexibility index (Phi) is 9.10. The fourth-order valence-electron chi connectivity index (χ4n) is 5.95. The summed E-state index contributed by atoms with van der Waals surface area (Å²) in [6.07, 6.45) is 3.35. The van der Waals surface area contributed by atoms with Crippen LogP contribution < -0.4 is 10.1 Å². The second kappa shape index (κ2) is 13.5. The highest BCUT2D eigenvalue weighted by Gasteiger charge is 2.22. The van der Waals surface area contributed by atoms with Crippen LogP contribution in [0, 0.1) is 0 Å². The predicted octanol–water partition coefficient (Wildman–Crippen LogP) is 5.52. The van der Waals surface area contributed by atoms with E-state index in [0.717, 1.165) is 74.2 Å². The number of benzene rings is 3. The molecule has 0 spiro atoms. The number of fused-ring (bicyclic) bond motifs is 6. The first-order chi connectivity index (χ1) is 22.8. The van der Waals surface area contributed by atoms with Crippen LogP contribution in [-0.4, -0.2) is 74.9 Å². The number of nitrogens with one attached hydrogen (secondary N) is 3. The number of carbonyl (C=O) groups is 3. The van der Waals surface area contributed by atoms with Crippen LogP contribution in [0.5, 0.6) is 5.75 Å². The number of carbonyl (C=O) groups excluding carboxylic acids is 3. The van der Waals surface area contributed by atoms with Crippen LogP contribution >= 0.6 is 0 Å². The van der Waals surface area contributed by atoms with E-state index in [9.17, 15) is 14.4 Å². The highest BCUT2D eigenvalue weighted by Crippen LogP contribution is 2.42. The number of aromatic amines is 2. The van der Waals surface area contributed by atoms with Crippen LogP contribution in [0.2, 0.25) is 0 Å². The second-order valence-corrected chi connectivity index (χ2v) is 11.8. The number of methoxy groups -OCH3 is 1. The van der Waals surface area contributed by atoms with Crippen LogP contribution in [-0.2, 0) is 34.0 Å². The number of likely N-dealkylation sites (N-methyl/N-ethyl adjacent to an activating group) is 1. The number of alkyl carbamates (subject to hydrolysis) is 1. The van der Waals surface area contributed by atoms with Crippen molar-refractivity contribution in [1.82, 2.24) is 35.1 Å². The van der Waals surface area contributed by atoms with Gasteiger partial charge in [0.1, 0.15) is 30.5 Å². The Morgan fingerprint density at radius 2 is 1.83 bits per heavy atom. The number of rotatable bonds is 11. The first kappa shape index (κ1) is 31.6. The van der Waals surface area contributed by atoms with Crippen molar-refractivity contribution in [3.63, 3.8) is 0 Å². The quantitative estimate of drug-likeness (QED) is 0.173. The molecule has 0 fully saturated rings. The summed E-state index contributed by atoms with van der Waals surface area (Å²) in [6, 6.07) is 14.6. The lowest BCUT2D eigenvalue weighted by atomic mass is 9.92. The van der Waals surface area contributed by atoms with E-state index >= 15 is 0 Å². The fourth-order valence-corrected chi connectivity index (χ4v) is 5.95. The SMILES string of the molecule is CCCC(=O)N(CCC)Cc1nc2c(ccc3cc4c(cc32)OCc2cc(-c3cnc(CN(C)C(=O)CNC(=O)OC)[nH]3)ccc2-4)[nH]1. The summed E-state index contributed by atoms with van der Waals surface area (Å²) in [6.45, 7) is 5.78. The number of hydrogen-bond donors (Lipinski definition) is 3. The molecule has 1 aliphatic rings. The van der Waals surface area contributed by atoms with Crippen molar-refractivity contribution in [1.29, 1.82) is 0 Å². The molecule has 47 heavy (non-hydrogen) atoms. The summed E-state index contributed by atoms with van der Waals surface area (Å²) < 4.78 is 10.8. The van der Waals surface area contributed by atoms with E-state index in [1.165, 1.54) is 12.0 Å². The van der Waals surface area contributed by atoms with Gasteiger partial charge < -0.3 is 34.6 Å². The Labute approximate surface area is 272 Å². The Balaban J connectivity index is 1.21. The molecule has 6 rings (SSSR count). The fraction of sp³-hybridized carbons (Fsp3) is 0.343. The van der Waals surface area contributed by atoms with Crippen LogP contribution in [0.1, 0.15) is 50.3 Å². The minimum Gasteiger partial charge on any atom is -0.488 e. The maximum atomic E-state index is 12.7. The molecule has 244 valence electrons. The van der Waals surface area contributed by atoms with Gasteiger partial charge >= 0.3 is 6.09 Å². The minimum absolute atomic E-state index is 0.155. The van der Waals surface area contributed by atoms with Crippen molar-refractivity contribution in [3.05, 3.63) is 65.9 Å². The third kappa shape index (κ3) is 6.62. The molecule has 0 saturated heterocycles. The van der Waals surface area contributed by atoms with Gasteiger partial charge in [0.25, 0.3) is 0 Å². The van der Waals surface area contributed by atoms with E-state index in [2.05, 4.69) is 68.3 Å². The van der Waals surface area contributed by atoms with E-state index < -0.39 is 6.09 Å². The standard InChI is InChI=1S/C35H39N7O5/c1-5-7-32(43)42(12-6-2)19-31-38-27-11-9-21-14-26-24-10-8-22(13-23(24)20-47-29(26)15-25(21)34(27)40-31)28-16-36-30(39-28)18-41(3)33(44)17-37-35(45)46-4/h8-11,13-16H,5-7,12,17-20H2,1-4H3,(H,36,39)(H,37,45)(H,38,40). The molecule has 0 radical (unpaired) electrons. The van der Waals surface area contributed by atoms with E-state index in [4.69, 9.17) is 9.72 Å². The molecule has 3 aromatic carbocycles. The highest BCUT2D eigenvalue weighted by atomic mass is 16.5. The monoisotopic (exact) mass is 637 g/mol. The smallest absolute Gasteiger partial charge is 0.407 e. The van der Waals surface area contributed by atoms with Gasteiger partial charge in [0, 0.05) is 31.0 Å². The summed E-state index contributed by atoms with van der Waals surface area (Å²) >= 11 is 0. The van der Waals surface area contributed by atoms with Gasteiger partial charge in [0.05, 0.1) is 43.1 Å². The van der Waals surface area contributed by atoms with Gasteiger partial charge in [0.15, 0.2) is 0 Å². The van der Waals surface area contributed by atoms with E-state index in [1.54, 1.807) is 13.2 Å². The van der Waals surface area contributed by atoms with Crippen LogP contribution in [0.15, 0.2) is 48.7 Å². The first-order valence-corrected chi connectivity index (χ1v) is 15.9. The molecule has 0 atom stereocenters. The van der Waals surface area contributed by atoms with Gasteiger partial charge in [-0.05, 0) is 59.2 Å². The van der Waals surface area contributed by atoms with Crippen LogP contribution in [0.3, 0.4) is 0 Å². The first-order valence-electron chi connectivity index (χ1n) is 15.9. The number of aromatic nitrogens is 4. The topological polar surface area (TPSA) is 146 Å². The summed E-state index contributed by atoms with van der Waals surface area (Å²) in [5.41, 5.74) is 6.76. The highest BCUT2D eigenvalue weighted by molar-refractivity contribution is 6.07. The lowest BCUT2D eigenvalue weighted by Crippen LogP contribution is -2.37. The molecule has 3 heterocycles. The lowest BCUT2D eigenvalue weighted by molar-refractivity contribution is -0.132. The van der Waals surface area contributed by atoms with Gasteiger partial charge in [-0.3, -0.25) is 9.59 Å². The van der Waals surface area contributed by atoms with Crippen molar-refractivity contribution < 1.29 is 23.9 Å². The molecule has 0 saturated carbocycles. The number of ether oxygens (including phenoxy) is 2. The molecule has 0 unspecified atom stereocenters. The zero-order valence-electron chi connectivity index (χ0n) is 27.1. The van der Waals surface area contributed by atoms with Crippen LogP contribution in [0.25, 0.3) is 44.2 Å². The maximum absolute atomic E-state index is 12.7. The molecule has 5 aromatic rings. The molecule has 12 nitrogen and oxygen atoms in total. The predicted molar refractivity (Wildman–Crippen MR) is 178 cm³/mol. The summed E-state index contributed by atoms with van der Waals surface area (Å²) in [5.74, 6) is 2.09. The Bertz CT molecular complexity index is 1960. The van der Waals surface area contributed by atoms with Crippen molar-refractivity contribution in [2.75, 3.05) is 27.2 Å². The number of amides is 3. The number of H-pyrrole nitrogens is 2. The van der Waals surface area contributed by atoms with Gasteiger partial charge in [-0.1, -0.05) is 32.0 Å². The van der Waals surface area contributed by atoms with Gasteiger partial charge in [-0.15, -0.1) is 0 Å². The minimum atomic E-state index is -0.657. The van der Waals surface area contributed by atoms with E-state index in [-0.39, 0.29) is 24.9 Å². The number of nitrogens with zero attached hydrogens (tertiary/aromatic N) is 4. The summed E-state index contributed by atoms with van der Waals surface area (Å²) in [7, 11) is 2.90. The van der Waals surface area contributed by atoms with Gasteiger partial charge in [-0.25, -0.2) is 14.8 Å². The van der Waals surface area contributed by atoms with Crippen LogP contribution in [0.4, 0.5) is 4.79 Å². The largest absolute Gasteiger partial charge is 0.488 e. The van der Waals surface area contributed by atoms with Crippen molar-refractivity contribution in [2.24, 2.45) is 0 Å². The summed E-state index contributed by atoms with van der Waals surface area (Å²) in [4.78, 5) is 55.8. The average Bonchev–Trinajstić information content (AvgIpc) is 3.72. The van der Waals surface area contributed by atoms with Gasteiger partial charge in [0.2, 0.25) is 11.8 Å². The lowest BCUT2D eigenvalue weighted by Gasteiger charge is -2.22. The number of hydrogen-bond acceptors (Lipinski definition) is 7. The van der Waals surface area contributed by atoms with Crippen molar-refractivity contribution in [2.45, 2.75) is 52.8 Å². The molecule has 3 N–H and O–H groups in total. The Morgan fingerprint density at radius 1 is 0.979 bits per heavy atom. The molecular formula is C35H39N7O5. The molecule has 12 heteroatoms. The molecular weight excluding hydrogens is 598 g/mol. The Morgan fingerprint density at radius 3 is 2.62 bits per heavy atom. The molecule has 1 aliphatic heterocycles. The molecule has 2 aromatic heterocycles. The number of imidazole rings is 2. The second-order valence-electron chi connectivity index (χ2n) is 11.8. The zero-order valence-corrected chi connectivity index (χ0v) is 27.1. The van der Waals surface area contributed by atoms with Crippen molar-refractivity contribution >= 4 is 39.7 Å². The normalized spacial score (nSPS) is 11.9. The molecule has 3 amide bonds. The maximum Gasteiger partial charge on any atom is 0.407 e. The average molecular weight is 638 g/mol. The third-order valence-electron chi connectivity index (χ3n) is 8.37. The summed E-state index contributed by atoms with van der Waals surface area (Å²) in [5, 5.41) is 4.45.